The molecule has 0 saturated carbocycles. The zero-order valence-corrected chi connectivity index (χ0v) is 17.4. The minimum atomic E-state index is -3.50. The monoisotopic (exact) mass is 420 g/mol. The summed E-state index contributed by atoms with van der Waals surface area (Å²) in [6, 6.07) is 16.1. The lowest BCUT2D eigenvalue weighted by molar-refractivity contribution is -0.129. The average Bonchev–Trinajstić information content (AvgIpc) is 2.74. The highest BCUT2D eigenvalue weighted by atomic mass is 32.2. The Labute approximate surface area is 170 Å². The lowest BCUT2D eigenvalue weighted by Gasteiger charge is -2.34. The van der Waals surface area contributed by atoms with Crippen molar-refractivity contribution >= 4 is 27.7 Å². The number of hydrogen-bond acceptors (Lipinski definition) is 5. The Morgan fingerprint density at radius 3 is 2.25 bits per heavy atom. The summed E-state index contributed by atoms with van der Waals surface area (Å²) in [5.41, 5.74) is 0. The van der Waals surface area contributed by atoms with E-state index in [2.05, 4.69) is 0 Å². The van der Waals surface area contributed by atoms with Gasteiger partial charge in [-0.05, 0) is 43.3 Å². The van der Waals surface area contributed by atoms with Crippen molar-refractivity contribution in [1.29, 1.82) is 0 Å². The fourth-order valence-electron chi connectivity index (χ4n) is 2.95. The highest BCUT2D eigenvalue weighted by Crippen LogP contribution is 2.23. The molecule has 0 aliphatic carbocycles. The Hall–Kier alpha value is -2.03. The van der Waals surface area contributed by atoms with Gasteiger partial charge in [0.05, 0.1) is 17.3 Å². The van der Waals surface area contributed by atoms with Crippen molar-refractivity contribution in [3.63, 3.8) is 0 Å². The summed E-state index contributed by atoms with van der Waals surface area (Å²) in [7, 11) is -3.50. The molecular weight excluding hydrogens is 396 g/mol. The first-order chi connectivity index (χ1) is 13.5. The molecule has 0 spiro atoms. The smallest absolute Gasteiger partial charge is 0.243 e. The summed E-state index contributed by atoms with van der Waals surface area (Å²) < 4.78 is 32.2. The number of amides is 1. The lowest BCUT2D eigenvalue weighted by atomic mass is 10.3. The lowest BCUT2D eigenvalue weighted by Crippen LogP contribution is -2.50. The molecule has 1 amide bonds. The summed E-state index contributed by atoms with van der Waals surface area (Å²) in [6.45, 7) is 4.01. The van der Waals surface area contributed by atoms with Crippen molar-refractivity contribution in [3.05, 3.63) is 54.6 Å². The highest BCUT2D eigenvalue weighted by Gasteiger charge is 2.29. The topological polar surface area (TPSA) is 66.9 Å². The molecule has 28 heavy (non-hydrogen) atoms. The summed E-state index contributed by atoms with van der Waals surface area (Å²) in [5.74, 6) is 1.17. The molecule has 0 N–H and O–H groups in total. The molecule has 150 valence electrons. The zero-order valence-electron chi connectivity index (χ0n) is 15.8. The summed E-state index contributed by atoms with van der Waals surface area (Å²) in [5, 5.41) is 0. The van der Waals surface area contributed by atoms with Crippen LogP contribution in [0.3, 0.4) is 0 Å². The molecule has 1 aliphatic rings. The summed E-state index contributed by atoms with van der Waals surface area (Å²) >= 11 is 1.47. The van der Waals surface area contributed by atoms with Gasteiger partial charge in [-0.25, -0.2) is 8.42 Å². The van der Waals surface area contributed by atoms with Crippen LogP contribution in [0.25, 0.3) is 0 Å². The van der Waals surface area contributed by atoms with Gasteiger partial charge in [-0.1, -0.05) is 18.2 Å². The molecule has 0 atom stereocenters. The van der Waals surface area contributed by atoms with Crippen molar-refractivity contribution in [2.24, 2.45) is 0 Å². The predicted octanol–water partition coefficient (Wildman–Crippen LogP) is 2.71. The number of hydrogen-bond donors (Lipinski definition) is 0. The molecular formula is C20H24N2O4S2. The minimum absolute atomic E-state index is 0.0237. The van der Waals surface area contributed by atoms with Gasteiger partial charge in [-0.15, -0.1) is 11.8 Å². The summed E-state index contributed by atoms with van der Waals surface area (Å²) in [4.78, 5) is 15.5. The number of sulfonamides is 1. The van der Waals surface area contributed by atoms with E-state index in [0.717, 1.165) is 10.6 Å². The Morgan fingerprint density at radius 2 is 1.64 bits per heavy atom. The van der Waals surface area contributed by atoms with E-state index in [1.807, 2.05) is 31.2 Å². The number of carbonyl (C=O) groups is 1. The standard InChI is InChI=1S/C20H24N2O4S2/c1-2-26-17-8-10-18(11-9-17)27-16-20(23)21-12-14-22(15-13-21)28(24,25)19-6-4-3-5-7-19/h3-11H,2,12-16H2,1H3. The molecule has 1 aliphatic heterocycles. The zero-order chi connectivity index (χ0) is 20.0. The van der Waals surface area contributed by atoms with Gasteiger partial charge < -0.3 is 9.64 Å². The largest absolute Gasteiger partial charge is 0.494 e. The van der Waals surface area contributed by atoms with Gasteiger partial charge in [-0.2, -0.15) is 4.31 Å². The van der Waals surface area contributed by atoms with E-state index < -0.39 is 10.0 Å². The molecule has 2 aromatic carbocycles. The van der Waals surface area contributed by atoms with Crippen molar-refractivity contribution in [1.82, 2.24) is 9.21 Å². The van der Waals surface area contributed by atoms with Gasteiger partial charge in [0, 0.05) is 31.1 Å². The molecule has 3 rings (SSSR count). The van der Waals surface area contributed by atoms with Crippen molar-refractivity contribution < 1.29 is 17.9 Å². The van der Waals surface area contributed by atoms with Gasteiger partial charge in [0.25, 0.3) is 0 Å². The first-order valence-corrected chi connectivity index (χ1v) is 11.6. The van der Waals surface area contributed by atoms with E-state index in [1.165, 1.54) is 16.1 Å². The van der Waals surface area contributed by atoms with Gasteiger partial charge in [0.1, 0.15) is 5.75 Å². The number of thioether (sulfide) groups is 1. The quantitative estimate of drug-likeness (QED) is 0.645. The SMILES string of the molecule is CCOc1ccc(SCC(=O)N2CCN(S(=O)(=O)c3ccccc3)CC2)cc1. The van der Waals surface area contributed by atoms with E-state index in [9.17, 15) is 13.2 Å². The van der Waals surface area contributed by atoms with Crippen molar-refractivity contribution in [2.75, 3.05) is 38.5 Å². The Morgan fingerprint density at radius 1 is 1.00 bits per heavy atom. The van der Waals surface area contributed by atoms with E-state index >= 15 is 0 Å². The van der Waals surface area contributed by atoms with Gasteiger partial charge in [-0.3, -0.25) is 4.79 Å². The molecule has 0 radical (unpaired) electrons. The molecule has 1 fully saturated rings. The second-order valence-electron chi connectivity index (χ2n) is 6.29. The van der Waals surface area contributed by atoms with Crippen LogP contribution >= 0.6 is 11.8 Å². The van der Waals surface area contributed by atoms with Crippen LogP contribution in [-0.2, 0) is 14.8 Å². The molecule has 2 aromatic rings. The highest BCUT2D eigenvalue weighted by molar-refractivity contribution is 8.00. The first-order valence-electron chi connectivity index (χ1n) is 9.19. The molecule has 1 heterocycles. The third-order valence-electron chi connectivity index (χ3n) is 4.47. The minimum Gasteiger partial charge on any atom is -0.494 e. The van der Waals surface area contributed by atoms with Crippen molar-refractivity contribution in [2.45, 2.75) is 16.7 Å². The van der Waals surface area contributed by atoms with Crippen LogP contribution in [-0.4, -0.2) is 62.1 Å². The number of rotatable bonds is 7. The molecule has 0 aromatic heterocycles. The fraction of sp³-hybridized carbons (Fsp3) is 0.350. The van der Waals surface area contributed by atoms with E-state index in [4.69, 9.17) is 4.74 Å². The van der Waals surface area contributed by atoms with Crippen LogP contribution in [0.15, 0.2) is 64.4 Å². The fourth-order valence-corrected chi connectivity index (χ4v) is 5.20. The molecule has 1 saturated heterocycles. The summed E-state index contributed by atoms with van der Waals surface area (Å²) in [6.07, 6.45) is 0. The van der Waals surface area contributed by atoms with Crippen LogP contribution in [0, 0.1) is 0 Å². The van der Waals surface area contributed by atoms with Crippen LogP contribution < -0.4 is 4.74 Å². The van der Waals surface area contributed by atoms with Crippen molar-refractivity contribution in [3.8, 4) is 5.75 Å². The second-order valence-corrected chi connectivity index (χ2v) is 9.28. The maximum absolute atomic E-state index is 12.7. The first kappa shape index (κ1) is 20.7. The molecule has 0 bridgehead atoms. The maximum Gasteiger partial charge on any atom is 0.243 e. The van der Waals surface area contributed by atoms with Crippen LogP contribution in [0.2, 0.25) is 0 Å². The molecule has 0 unspecified atom stereocenters. The van der Waals surface area contributed by atoms with E-state index in [-0.39, 0.29) is 5.91 Å². The van der Waals surface area contributed by atoms with Gasteiger partial charge in [0.15, 0.2) is 0 Å². The number of nitrogens with zero attached hydrogens (tertiary/aromatic N) is 2. The Bertz CT molecular complexity index is 878. The molecule has 8 heteroatoms. The number of piperazine rings is 1. The third kappa shape index (κ3) is 5.06. The third-order valence-corrected chi connectivity index (χ3v) is 7.38. The number of carbonyl (C=O) groups excluding carboxylic acids is 1. The van der Waals surface area contributed by atoms with Gasteiger partial charge >= 0.3 is 0 Å². The van der Waals surface area contributed by atoms with E-state index in [1.54, 1.807) is 35.2 Å². The molecule has 6 nitrogen and oxygen atoms in total. The van der Waals surface area contributed by atoms with Gasteiger partial charge in [0.2, 0.25) is 15.9 Å². The van der Waals surface area contributed by atoms with Crippen LogP contribution in [0.5, 0.6) is 5.75 Å². The van der Waals surface area contributed by atoms with Crippen LogP contribution in [0.4, 0.5) is 0 Å². The number of ether oxygens (including phenoxy) is 1. The maximum atomic E-state index is 12.7. The Balaban J connectivity index is 1.50. The Kier molecular flexibility index (Phi) is 6.98. The number of benzene rings is 2. The van der Waals surface area contributed by atoms with E-state index in [0.29, 0.717) is 43.4 Å². The normalized spacial score (nSPS) is 15.4. The predicted molar refractivity (Wildman–Crippen MR) is 110 cm³/mol. The van der Waals surface area contributed by atoms with Crippen LogP contribution in [0.1, 0.15) is 6.92 Å². The second kappa shape index (κ2) is 9.45. The average molecular weight is 421 g/mol.